The summed E-state index contributed by atoms with van der Waals surface area (Å²) in [6, 6.07) is 14.1. The third-order valence-corrected chi connectivity index (χ3v) is 8.61. The molecule has 0 unspecified atom stereocenters. The van der Waals surface area contributed by atoms with Crippen LogP contribution in [0.15, 0.2) is 75.7 Å². The fourth-order valence-electron chi connectivity index (χ4n) is 5.30. The highest BCUT2D eigenvalue weighted by atomic mass is 35.5. The van der Waals surface area contributed by atoms with Gasteiger partial charge in [0.15, 0.2) is 27.8 Å². The van der Waals surface area contributed by atoms with Crippen LogP contribution in [0.25, 0.3) is 6.08 Å². The molecule has 5 rings (SSSR count). The molecule has 0 saturated carbocycles. The van der Waals surface area contributed by atoms with Crippen molar-refractivity contribution in [1.82, 2.24) is 4.57 Å². The lowest BCUT2D eigenvalue weighted by atomic mass is 9.95. The van der Waals surface area contributed by atoms with Crippen molar-refractivity contribution in [2.24, 2.45) is 4.99 Å². The summed E-state index contributed by atoms with van der Waals surface area (Å²) in [5, 5.41) is 0.227. The fraction of sp³-hybridized carbons (Fsp3) is 0.306. The van der Waals surface area contributed by atoms with Gasteiger partial charge < -0.3 is 23.7 Å². The number of methoxy groups -OCH3 is 1. The zero-order chi connectivity index (χ0) is 34.5. The number of carbonyl (C=O) groups excluding carboxylic acids is 1. The summed E-state index contributed by atoms with van der Waals surface area (Å²) in [6.07, 6.45) is 1.59. The highest BCUT2D eigenvalue weighted by Gasteiger charge is 2.34. The Kier molecular flexibility index (Phi) is 10.9. The zero-order valence-corrected chi connectivity index (χ0v) is 29.0. The van der Waals surface area contributed by atoms with E-state index in [2.05, 4.69) is 4.99 Å². The van der Waals surface area contributed by atoms with Crippen molar-refractivity contribution in [3.8, 4) is 23.0 Å². The van der Waals surface area contributed by atoms with Crippen LogP contribution in [0.1, 0.15) is 57.4 Å². The molecule has 1 aliphatic rings. The third kappa shape index (κ3) is 7.27. The van der Waals surface area contributed by atoms with Crippen LogP contribution in [0.5, 0.6) is 23.0 Å². The average molecular weight is 695 g/mol. The van der Waals surface area contributed by atoms with E-state index in [0.29, 0.717) is 55.6 Å². The predicted octanol–water partition coefficient (Wildman–Crippen LogP) is 6.36. The van der Waals surface area contributed by atoms with Gasteiger partial charge in [0.1, 0.15) is 12.4 Å². The molecule has 0 saturated heterocycles. The Hall–Kier alpha value is -4.61. The first-order chi connectivity index (χ1) is 23.1. The lowest BCUT2D eigenvalue weighted by Crippen LogP contribution is -2.40. The van der Waals surface area contributed by atoms with Crippen molar-refractivity contribution in [3.63, 3.8) is 0 Å². The molecule has 0 N–H and O–H groups in total. The van der Waals surface area contributed by atoms with Crippen molar-refractivity contribution in [3.05, 3.63) is 113 Å². The highest BCUT2D eigenvalue weighted by molar-refractivity contribution is 7.07. The van der Waals surface area contributed by atoms with Crippen LogP contribution in [-0.2, 0) is 16.1 Å². The molecule has 1 atom stereocenters. The normalized spacial score (nSPS) is 14.4. The Balaban J connectivity index is 1.61. The zero-order valence-electron chi connectivity index (χ0n) is 27.5. The average Bonchev–Trinajstić information content (AvgIpc) is 3.34. The van der Waals surface area contributed by atoms with E-state index in [1.807, 2.05) is 20.8 Å². The first-order valence-electron chi connectivity index (χ1n) is 15.4. The maximum atomic E-state index is 14.2. The lowest BCUT2D eigenvalue weighted by Gasteiger charge is -2.25. The minimum atomic E-state index is -0.846. The molecule has 2 heterocycles. The van der Waals surface area contributed by atoms with Crippen LogP contribution in [0, 0.1) is 5.82 Å². The van der Waals surface area contributed by atoms with Crippen LogP contribution in [0.4, 0.5) is 4.39 Å². The summed E-state index contributed by atoms with van der Waals surface area (Å²) in [6.45, 7) is 9.49. The van der Waals surface area contributed by atoms with Crippen LogP contribution < -0.4 is 33.8 Å². The number of thiazole rings is 1. The van der Waals surface area contributed by atoms with Crippen LogP contribution >= 0.6 is 22.9 Å². The molecule has 0 bridgehead atoms. The summed E-state index contributed by atoms with van der Waals surface area (Å²) >= 11 is 7.84. The molecular formula is C36H36ClFN2O7S. The highest BCUT2D eigenvalue weighted by Crippen LogP contribution is 2.38. The fourth-order valence-corrected chi connectivity index (χ4v) is 6.62. The van der Waals surface area contributed by atoms with Crippen molar-refractivity contribution in [2.75, 3.05) is 20.3 Å². The topological polar surface area (TPSA) is 97.6 Å². The second-order valence-electron chi connectivity index (χ2n) is 11.0. The minimum Gasteiger partial charge on any atom is -0.493 e. The number of hydrogen-bond donors (Lipinski definition) is 0. The van der Waals surface area contributed by atoms with Crippen LogP contribution in [0.2, 0.25) is 5.02 Å². The number of rotatable bonds is 12. The Morgan fingerprint density at radius 1 is 1.06 bits per heavy atom. The van der Waals surface area contributed by atoms with Crippen molar-refractivity contribution < 1.29 is 32.9 Å². The number of benzene rings is 3. The number of allylic oxidation sites excluding steroid dienone is 1. The smallest absolute Gasteiger partial charge is 0.338 e. The van der Waals surface area contributed by atoms with E-state index in [9.17, 15) is 14.0 Å². The number of aromatic nitrogens is 1. The number of esters is 1. The minimum absolute atomic E-state index is 0.0536. The van der Waals surface area contributed by atoms with Gasteiger partial charge in [-0.05, 0) is 82.2 Å². The van der Waals surface area contributed by atoms with Gasteiger partial charge in [0.2, 0.25) is 0 Å². The number of hydrogen-bond acceptors (Lipinski definition) is 9. The van der Waals surface area contributed by atoms with Gasteiger partial charge in [-0.1, -0.05) is 47.2 Å². The largest absolute Gasteiger partial charge is 0.493 e. The van der Waals surface area contributed by atoms with Gasteiger partial charge >= 0.3 is 5.97 Å². The molecule has 0 amide bonds. The molecule has 0 fully saturated rings. The Morgan fingerprint density at radius 2 is 1.83 bits per heavy atom. The van der Waals surface area contributed by atoms with E-state index in [4.69, 9.17) is 35.3 Å². The van der Waals surface area contributed by atoms with Crippen LogP contribution in [0.3, 0.4) is 0 Å². The second kappa shape index (κ2) is 15.1. The maximum Gasteiger partial charge on any atom is 0.338 e. The third-order valence-electron chi connectivity index (χ3n) is 7.34. The van der Waals surface area contributed by atoms with E-state index in [1.165, 1.54) is 29.1 Å². The Morgan fingerprint density at radius 3 is 2.52 bits per heavy atom. The molecule has 3 aromatic carbocycles. The van der Waals surface area contributed by atoms with Gasteiger partial charge in [-0.3, -0.25) is 9.36 Å². The first-order valence-corrected chi connectivity index (χ1v) is 16.6. The summed E-state index contributed by atoms with van der Waals surface area (Å²) in [5.74, 6) is 0.625. The Labute approximate surface area is 286 Å². The molecule has 252 valence electrons. The lowest BCUT2D eigenvalue weighted by molar-refractivity contribution is -0.139. The van der Waals surface area contributed by atoms with E-state index in [0.717, 1.165) is 0 Å². The van der Waals surface area contributed by atoms with Gasteiger partial charge in [0.05, 0.1) is 53.3 Å². The van der Waals surface area contributed by atoms with Crippen molar-refractivity contribution in [1.29, 1.82) is 0 Å². The van der Waals surface area contributed by atoms with Gasteiger partial charge in [-0.25, -0.2) is 14.2 Å². The number of nitrogens with zero attached hydrogens (tertiary/aromatic N) is 2. The van der Waals surface area contributed by atoms with Crippen molar-refractivity contribution in [2.45, 2.75) is 53.4 Å². The molecule has 9 nitrogen and oxygen atoms in total. The van der Waals surface area contributed by atoms with Gasteiger partial charge in [-0.15, -0.1) is 0 Å². The molecule has 0 radical (unpaired) electrons. The molecule has 1 aliphatic heterocycles. The van der Waals surface area contributed by atoms with Gasteiger partial charge in [0.25, 0.3) is 5.56 Å². The van der Waals surface area contributed by atoms with Crippen molar-refractivity contribution >= 4 is 35.0 Å². The van der Waals surface area contributed by atoms with Gasteiger partial charge in [0, 0.05) is 5.56 Å². The summed E-state index contributed by atoms with van der Waals surface area (Å²) in [5.41, 5.74) is 1.87. The molecule has 12 heteroatoms. The summed E-state index contributed by atoms with van der Waals surface area (Å²) in [7, 11) is 1.53. The number of ether oxygens (including phenoxy) is 5. The van der Waals surface area contributed by atoms with E-state index in [1.54, 1.807) is 68.5 Å². The van der Waals surface area contributed by atoms with Crippen LogP contribution in [-0.4, -0.2) is 37.0 Å². The summed E-state index contributed by atoms with van der Waals surface area (Å²) < 4.78 is 44.7. The molecule has 1 aromatic heterocycles. The maximum absolute atomic E-state index is 14.2. The summed E-state index contributed by atoms with van der Waals surface area (Å²) in [4.78, 5) is 32.6. The number of carbonyl (C=O) groups is 1. The van der Waals surface area contributed by atoms with E-state index in [-0.39, 0.29) is 41.2 Å². The molecule has 4 aromatic rings. The molecule has 0 spiro atoms. The second-order valence-corrected chi connectivity index (χ2v) is 12.4. The molecular weight excluding hydrogens is 659 g/mol. The standard InChI is InChI=1S/C36H36ClFN2O7S/c1-7-44-29-16-22(15-25(37)33(29)46-19-24-11-9-10-12-26(24)38)17-30-34(41)40-32(23-13-14-27(47-20(3)4)28(18-23)43-6)31(35(42)45-8-2)21(5)39-36(40)48-30/h9-18,20,32H,7-8,19H2,1-6H3/b30-17-/t32-/m1/s1. The Bertz CT molecular complexity index is 2050. The SMILES string of the molecule is CCOC(=O)C1=C(C)N=c2s/c(=C\c3cc(Cl)c(OCc4ccccc4F)c(OCC)c3)c(=O)n2[C@@H]1c1ccc(OC(C)C)c(OC)c1. The number of fused-ring (bicyclic) bond motifs is 1. The van der Waals surface area contributed by atoms with E-state index >= 15 is 0 Å². The molecule has 0 aliphatic carbocycles. The predicted molar refractivity (Wildman–Crippen MR) is 183 cm³/mol. The first kappa shape index (κ1) is 34.7. The van der Waals surface area contributed by atoms with E-state index < -0.39 is 17.8 Å². The number of halogens is 2. The monoisotopic (exact) mass is 694 g/mol. The van der Waals surface area contributed by atoms with Gasteiger partial charge in [-0.2, -0.15) is 0 Å². The molecule has 48 heavy (non-hydrogen) atoms. The quantitative estimate of drug-likeness (QED) is 0.159.